The third-order valence-electron chi connectivity index (χ3n) is 8.80. The van der Waals surface area contributed by atoms with E-state index in [4.69, 9.17) is 4.74 Å². The Bertz CT molecular complexity index is 1960. The number of anilines is 1. The van der Waals surface area contributed by atoms with Gasteiger partial charge < -0.3 is 9.64 Å². The van der Waals surface area contributed by atoms with E-state index in [0.717, 1.165) is 17.9 Å². The molecule has 0 aliphatic carbocycles. The van der Waals surface area contributed by atoms with Gasteiger partial charge in [0.1, 0.15) is 5.75 Å². The summed E-state index contributed by atoms with van der Waals surface area (Å²) < 4.78 is 5.53. The molecule has 0 radical (unpaired) electrons. The lowest BCUT2D eigenvalue weighted by molar-refractivity contribution is 0.414. The van der Waals surface area contributed by atoms with Crippen molar-refractivity contribution in [3.05, 3.63) is 209 Å². The number of benzene rings is 6. The van der Waals surface area contributed by atoms with E-state index in [9.17, 15) is 0 Å². The molecule has 0 N–H and O–H groups in total. The van der Waals surface area contributed by atoms with Gasteiger partial charge >= 0.3 is 0 Å². The monoisotopic (exact) mass is 595 g/mol. The summed E-state index contributed by atoms with van der Waals surface area (Å²) in [5.41, 5.74) is 13.5. The molecule has 0 spiro atoms. The molecular formula is C44H37NO. The fourth-order valence-corrected chi connectivity index (χ4v) is 6.63. The Kier molecular flexibility index (Phi) is 8.34. The molecule has 1 aliphatic heterocycles. The van der Waals surface area contributed by atoms with Crippen LogP contribution in [0.15, 0.2) is 176 Å². The second-order valence-electron chi connectivity index (χ2n) is 11.8. The second kappa shape index (κ2) is 13.2. The predicted octanol–water partition coefficient (Wildman–Crippen LogP) is 10.8. The van der Waals surface area contributed by atoms with Crippen molar-refractivity contribution in [1.29, 1.82) is 0 Å². The highest BCUT2D eigenvalue weighted by Crippen LogP contribution is 2.54. The van der Waals surface area contributed by atoms with Crippen molar-refractivity contribution < 1.29 is 4.74 Å². The molecule has 6 aromatic carbocycles. The van der Waals surface area contributed by atoms with Gasteiger partial charge in [-0.1, -0.05) is 151 Å². The number of nitrogens with zero attached hydrogens (tertiary/aromatic N) is 1. The van der Waals surface area contributed by atoms with Crippen molar-refractivity contribution in [1.82, 2.24) is 0 Å². The smallest absolute Gasteiger partial charge is 0.118 e. The zero-order valence-electron chi connectivity index (χ0n) is 26.3. The zero-order valence-corrected chi connectivity index (χ0v) is 26.3. The number of hydrogen-bond donors (Lipinski definition) is 0. The molecule has 6 aromatic rings. The minimum Gasteiger partial charge on any atom is -0.497 e. The molecule has 0 aromatic heterocycles. The fourth-order valence-electron chi connectivity index (χ4n) is 6.63. The van der Waals surface area contributed by atoms with Crippen LogP contribution in [0.3, 0.4) is 0 Å². The number of methoxy groups -OCH3 is 1. The number of hydrogen-bond acceptors (Lipinski definition) is 2. The summed E-state index contributed by atoms with van der Waals surface area (Å²) in [6.07, 6.45) is 0.740. The van der Waals surface area contributed by atoms with E-state index in [1.807, 2.05) is 0 Å². The molecule has 46 heavy (non-hydrogen) atoms. The lowest BCUT2D eigenvalue weighted by atomic mass is 9.76. The molecule has 0 bridgehead atoms. The van der Waals surface area contributed by atoms with Crippen molar-refractivity contribution in [2.24, 2.45) is 0 Å². The van der Waals surface area contributed by atoms with Crippen LogP contribution in [0.1, 0.15) is 39.4 Å². The molecule has 7 rings (SSSR count). The Morgan fingerprint density at radius 3 is 1.57 bits per heavy atom. The first-order valence-electron chi connectivity index (χ1n) is 15.9. The van der Waals surface area contributed by atoms with Crippen LogP contribution in [-0.4, -0.2) is 7.11 Å². The standard InChI is InChI=1S/C44H37NO/c1-32-23-27-38(28-24-32)45-40(31-33-25-29-39(46-2)30-26-33)41(34-15-7-3-8-16-34)42(35-17-9-4-10-18-35)43(36-19-11-5-12-20-36)44(45)37-21-13-6-14-22-37/h3-30,44H,31H2,1-2H3. The Morgan fingerprint density at radius 1 is 0.522 bits per heavy atom. The fraction of sp³-hybridized carbons (Fsp3) is 0.0909. The Hall–Kier alpha value is -5.60. The van der Waals surface area contributed by atoms with Crippen LogP contribution >= 0.6 is 0 Å². The molecule has 2 heteroatoms. The van der Waals surface area contributed by atoms with Crippen LogP contribution in [0.25, 0.3) is 16.7 Å². The minimum atomic E-state index is -0.0813. The van der Waals surface area contributed by atoms with Crippen molar-refractivity contribution in [2.75, 3.05) is 12.0 Å². The van der Waals surface area contributed by atoms with Gasteiger partial charge in [-0.15, -0.1) is 0 Å². The summed E-state index contributed by atoms with van der Waals surface area (Å²) >= 11 is 0. The maximum atomic E-state index is 5.53. The van der Waals surface area contributed by atoms with Gasteiger partial charge in [0.05, 0.1) is 13.2 Å². The third-order valence-corrected chi connectivity index (χ3v) is 8.80. The van der Waals surface area contributed by atoms with Crippen LogP contribution in [0.2, 0.25) is 0 Å². The van der Waals surface area contributed by atoms with Crippen molar-refractivity contribution in [3.63, 3.8) is 0 Å². The maximum Gasteiger partial charge on any atom is 0.118 e. The summed E-state index contributed by atoms with van der Waals surface area (Å²) in [5.74, 6) is 0.860. The first-order valence-corrected chi connectivity index (χ1v) is 15.9. The van der Waals surface area contributed by atoms with E-state index in [-0.39, 0.29) is 6.04 Å². The van der Waals surface area contributed by atoms with E-state index >= 15 is 0 Å². The van der Waals surface area contributed by atoms with Crippen molar-refractivity contribution in [3.8, 4) is 5.75 Å². The number of rotatable bonds is 8. The molecule has 0 fully saturated rings. The van der Waals surface area contributed by atoms with Gasteiger partial charge in [0.25, 0.3) is 0 Å². The zero-order chi connectivity index (χ0) is 31.3. The lowest BCUT2D eigenvalue weighted by Gasteiger charge is -2.44. The Labute approximate surface area is 272 Å². The van der Waals surface area contributed by atoms with Gasteiger partial charge in [0, 0.05) is 23.4 Å². The van der Waals surface area contributed by atoms with E-state index in [1.54, 1.807) is 7.11 Å². The Morgan fingerprint density at radius 2 is 1.02 bits per heavy atom. The molecule has 1 aliphatic rings. The first-order chi connectivity index (χ1) is 22.7. The van der Waals surface area contributed by atoms with Crippen LogP contribution < -0.4 is 9.64 Å². The van der Waals surface area contributed by atoms with Crippen molar-refractivity contribution in [2.45, 2.75) is 19.4 Å². The molecule has 1 atom stereocenters. The Balaban J connectivity index is 1.64. The summed E-state index contributed by atoms with van der Waals surface area (Å²) in [4.78, 5) is 2.59. The molecule has 0 amide bonds. The highest BCUT2D eigenvalue weighted by molar-refractivity contribution is 6.19. The molecular weight excluding hydrogens is 558 g/mol. The second-order valence-corrected chi connectivity index (χ2v) is 11.8. The van der Waals surface area contributed by atoms with E-state index in [1.165, 1.54) is 55.8 Å². The summed E-state index contributed by atoms with van der Waals surface area (Å²) in [5, 5.41) is 0. The van der Waals surface area contributed by atoms with Gasteiger partial charge in [0.2, 0.25) is 0 Å². The highest BCUT2D eigenvalue weighted by Gasteiger charge is 2.38. The average Bonchev–Trinajstić information content (AvgIpc) is 3.13. The number of allylic oxidation sites excluding steroid dienone is 3. The highest BCUT2D eigenvalue weighted by atomic mass is 16.5. The van der Waals surface area contributed by atoms with Gasteiger partial charge in [-0.3, -0.25) is 0 Å². The molecule has 0 saturated heterocycles. The summed E-state index contributed by atoms with van der Waals surface area (Å²) in [6.45, 7) is 2.15. The molecule has 224 valence electrons. The number of aryl methyl sites for hydroxylation is 1. The summed E-state index contributed by atoms with van der Waals surface area (Å²) in [6, 6.07) is 61.2. The molecule has 2 nitrogen and oxygen atoms in total. The quantitative estimate of drug-likeness (QED) is 0.174. The normalized spacial score (nSPS) is 14.8. The van der Waals surface area contributed by atoms with Crippen LogP contribution in [0.5, 0.6) is 5.75 Å². The van der Waals surface area contributed by atoms with Crippen LogP contribution in [0.4, 0.5) is 5.69 Å². The van der Waals surface area contributed by atoms with E-state index < -0.39 is 0 Å². The SMILES string of the molecule is COc1ccc(CC2=C(c3ccccc3)C(c3ccccc3)=C(c3ccccc3)C(c3ccccc3)N2c2ccc(C)cc2)cc1. The number of ether oxygens (including phenoxy) is 1. The molecule has 1 unspecified atom stereocenters. The van der Waals surface area contributed by atoms with Crippen molar-refractivity contribution >= 4 is 22.4 Å². The average molecular weight is 596 g/mol. The van der Waals surface area contributed by atoms with E-state index in [0.29, 0.717) is 0 Å². The van der Waals surface area contributed by atoms with E-state index in [2.05, 4.69) is 182 Å². The molecule has 1 heterocycles. The third kappa shape index (κ3) is 5.78. The van der Waals surface area contributed by atoms with Crippen LogP contribution in [0, 0.1) is 6.92 Å². The predicted molar refractivity (Wildman–Crippen MR) is 193 cm³/mol. The van der Waals surface area contributed by atoms with Gasteiger partial charge in [-0.2, -0.15) is 0 Å². The van der Waals surface area contributed by atoms with Crippen LogP contribution in [-0.2, 0) is 6.42 Å². The largest absolute Gasteiger partial charge is 0.497 e. The van der Waals surface area contributed by atoms with Gasteiger partial charge in [-0.05, 0) is 70.2 Å². The summed E-state index contributed by atoms with van der Waals surface area (Å²) in [7, 11) is 1.72. The minimum absolute atomic E-state index is 0.0813. The van der Waals surface area contributed by atoms with Gasteiger partial charge in [0.15, 0.2) is 0 Å². The lowest BCUT2D eigenvalue weighted by Crippen LogP contribution is -2.34. The maximum absolute atomic E-state index is 5.53. The van der Waals surface area contributed by atoms with Gasteiger partial charge in [-0.25, -0.2) is 0 Å². The first kappa shape index (κ1) is 29.1. The topological polar surface area (TPSA) is 12.5 Å². The molecule has 0 saturated carbocycles.